The van der Waals surface area contributed by atoms with Crippen molar-refractivity contribution in [2.24, 2.45) is 0 Å². The lowest BCUT2D eigenvalue weighted by molar-refractivity contribution is -0.197. The smallest absolute Gasteiger partial charge is 0.333 e. The summed E-state index contributed by atoms with van der Waals surface area (Å²) in [5, 5.41) is 1.49. The summed E-state index contributed by atoms with van der Waals surface area (Å²) in [6, 6.07) is 12.7. The molecule has 5 rings (SSSR count). The Bertz CT molecular complexity index is 2450. The predicted octanol–water partition coefficient (Wildman–Crippen LogP) is 5.61. The van der Waals surface area contributed by atoms with Crippen LogP contribution in [0.1, 0.15) is 90.0 Å². The molecule has 3 heterocycles. The number of hydrogen-bond acceptors (Lipinski definition) is 17. The zero-order valence-electron chi connectivity index (χ0n) is 44.3. The SMILES string of the molecule is COCCOCCOCCOCC[N+](CCOCCOCCOCCOC)=c1ccc2c(/C=C/C=C3/N(CCCCCC(=O)ON4C(=O)CCC4=O)c4ccc(S(=O)(=O)[O-])cc4C3(C)C)cc(C(C)(C)C)oc-2c1. The maximum absolute atomic E-state index is 12.5. The quantitative estimate of drug-likeness (QED) is 0.0307. The number of amides is 2. The number of methoxy groups -OCH3 is 2. The number of benzene rings is 2. The van der Waals surface area contributed by atoms with Crippen molar-refractivity contribution in [2.45, 2.75) is 88.9 Å². The molecular formula is C54H77N3O16S. The zero-order chi connectivity index (χ0) is 53.6. The lowest BCUT2D eigenvalue weighted by atomic mass is 9.83. The van der Waals surface area contributed by atoms with E-state index in [1.807, 2.05) is 38.1 Å². The third kappa shape index (κ3) is 18.5. The van der Waals surface area contributed by atoms with Crippen molar-refractivity contribution in [1.82, 2.24) is 9.64 Å². The Morgan fingerprint density at radius 3 is 1.84 bits per heavy atom. The van der Waals surface area contributed by atoms with E-state index in [0.29, 0.717) is 148 Å². The lowest BCUT2D eigenvalue weighted by Gasteiger charge is -2.27. The summed E-state index contributed by atoms with van der Waals surface area (Å²) in [5.41, 5.74) is 3.14. The van der Waals surface area contributed by atoms with Crippen molar-refractivity contribution in [3.63, 3.8) is 0 Å². The van der Waals surface area contributed by atoms with Crippen LogP contribution in [-0.2, 0) is 78.1 Å². The van der Waals surface area contributed by atoms with Gasteiger partial charge >= 0.3 is 5.97 Å². The molecule has 74 heavy (non-hydrogen) atoms. The highest BCUT2D eigenvalue weighted by atomic mass is 32.2. The molecule has 4 aliphatic rings. The van der Waals surface area contributed by atoms with Crippen LogP contribution in [0, 0.1) is 0 Å². The topological polar surface area (TPSA) is 214 Å². The fourth-order valence-corrected chi connectivity index (χ4v) is 8.80. The number of nitrogens with zero attached hydrogens (tertiary/aromatic N) is 3. The number of hydroxylamine groups is 2. The van der Waals surface area contributed by atoms with Crippen molar-refractivity contribution in [2.75, 3.05) is 131 Å². The lowest BCUT2D eigenvalue weighted by Crippen LogP contribution is -2.36. The monoisotopic (exact) mass is 1060 g/mol. The van der Waals surface area contributed by atoms with Crippen LogP contribution in [0.5, 0.6) is 0 Å². The molecule has 3 aliphatic heterocycles. The summed E-state index contributed by atoms with van der Waals surface area (Å²) in [7, 11) is -1.45. The van der Waals surface area contributed by atoms with Gasteiger partial charge in [0.05, 0.1) is 90.2 Å². The summed E-state index contributed by atoms with van der Waals surface area (Å²) < 4.78 is 89.7. The number of carbonyl (C=O) groups excluding carboxylic acids is 3. The molecule has 0 bridgehead atoms. The van der Waals surface area contributed by atoms with Crippen molar-refractivity contribution in [3.8, 4) is 11.3 Å². The second kappa shape index (κ2) is 30.0. The molecule has 0 saturated carbocycles. The Morgan fingerprint density at radius 1 is 0.743 bits per heavy atom. The number of fused-ring (bicyclic) bond motifs is 2. The van der Waals surface area contributed by atoms with E-state index in [9.17, 15) is 27.4 Å². The summed E-state index contributed by atoms with van der Waals surface area (Å²) in [4.78, 5) is 43.2. The van der Waals surface area contributed by atoms with Gasteiger partial charge in [-0.1, -0.05) is 53.2 Å². The van der Waals surface area contributed by atoms with Crippen molar-refractivity contribution < 1.29 is 74.5 Å². The first-order valence-electron chi connectivity index (χ1n) is 25.4. The highest BCUT2D eigenvalue weighted by molar-refractivity contribution is 7.85. The highest BCUT2D eigenvalue weighted by Crippen LogP contribution is 2.48. The van der Waals surface area contributed by atoms with Gasteiger partial charge in [0.1, 0.15) is 34.9 Å². The molecule has 1 aromatic rings. The predicted molar refractivity (Wildman–Crippen MR) is 275 cm³/mol. The van der Waals surface area contributed by atoms with E-state index in [1.165, 1.54) is 12.1 Å². The second-order valence-electron chi connectivity index (χ2n) is 19.3. The van der Waals surface area contributed by atoms with Gasteiger partial charge in [0, 0.05) is 73.9 Å². The van der Waals surface area contributed by atoms with E-state index in [0.717, 1.165) is 33.6 Å². The normalized spacial score (nSPS) is 15.4. The Hall–Kier alpha value is -4.87. The average Bonchev–Trinajstić information content (AvgIpc) is 3.78. The average molecular weight is 1060 g/mol. The van der Waals surface area contributed by atoms with Gasteiger partial charge in [-0.05, 0) is 60.4 Å². The van der Waals surface area contributed by atoms with Gasteiger partial charge < -0.3 is 56.6 Å². The molecule has 1 aliphatic carbocycles. The molecule has 0 N–H and O–H groups in total. The van der Waals surface area contributed by atoms with E-state index >= 15 is 0 Å². The summed E-state index contributed by atoms with van der Waals surface area (Å²) >= 11 is 0. The third-order valence-corrected chi connectivity index (χ3v) is 13.2. The molecule has 1 saturated heterocycles. The molecule has 1 aromatic carbocycles. The van der Waals surface area contributed by atoms with Crippen LogP contribution in [0.15, 0.2) is 69.6 Å². The van der Waals surface area contributed by atoms with Crippen LogP contribution in [0.3, 0.4) is 0 Å². The van der Waals surface area contributed by atoms with Gasteiger partial charge in [-0.25, -0.2) is 17.8 Å². The molecule has 0 unspecified atom stereocenters. The highest BCUT2D eigenvalue weighted by Gasteiger charge is 2.40. The van der Waals surface area contributed by atoms with Crippen LogP contribution in [-0.4, -0.2) is 162 Å². The van der Waals surface area contributed by atoms with Crippen molar-refractivity contribution in [3.05, 3.63) is 82.6 Å². The van der Waals surface area contributed by atoms with Crippen molar-refractivity contribution in [1.29, 1.82) is 0 Å². The fraction of sp³-hybridized carbons (Fsp3) is 0.593. The maximum Gasteiger partial charge on any atom is 0.333 e. The number of carbonyl (C=O) groups is 3. The van der Waals surface area contributed by atoms with E-state index in [1.54, 1.807) is 20.3 Å². The number of imide groups is 1. The maximum atomic E-state index is 12.5. The molecule has 0 aromatic heterocycles. The van der Waals surface area contributed by atoms with E-state index in [-0.39, 0.29) is 29.6 Å². The number of ether oxygens (including phenoxy) is 8. The first-order chi connectivity index (χ1) is 35.4. The molecule has 19 nitrogen and oxygen atoms in total. The molecular weight excluding hydrogens is 979 g/mol. The minimum atomic E-state index is -4.72. The Kier molecular flexibility index (Phi) is 24.3. The first kappa shape index (κ1) is 60.0. The number of rotatable bonds is 34. The van der Waals surface area contributed by atoms with Crippen LogP contribution >= 0.6 is 0 Å². The molecule has 410 valence electrons. The summed E-state index contributed by atoms with van der Waals surface area (Å²) in [6.45, 7) is 18.6. The van der Waals surface area contributed by atoms with Gasteiger partial charge in [-0.2, -0.15) is 0 Å². The largest absolute Gasteiger partial charge is 0.744 e. The van der Waals surface area contributed by atoms with Crippen molar-refractivity contribution >= 4 is 39.7 Å². The molecule has 20 heteroatoms. The number of hydrogen-bond donors (Lipinski definition) is 0. The third-order valence-electron chi connectivity index (χ3n) is 12.4. The van der Waals surface area contributed by atoms with Gasteiger partial charge in [-0.3, -0.25) is 9.59 Å². The molecule has 0 radical (unpaired) electrons. The minimum Gasteiger partial charge on any atom is -0.744 e. The number of unbranched alkanes of at least 4 members (excludes halogenated alkanes) is 2. The van der Waals surface area contributed by atoms with Gasteiger partial charge in [0.15, 0.2) is 13.1 Å². The van der Waals surface area contributed by atoms with Gasteiger partial charge in [-0.15, -0.1) is 5.06 Å². The fourth-order valence-electron chi connectivity index (χ4n) is 8.31. The first-order valence-corrected chi connectivity index (χ1v) is 26.8. The van der Waals surface area contributed by atoms with Crippen LogP contribution < -0.4 is 14.8 Å². The molecule has 0 atom stereocenters. The van der Waals surface area contributed by atoms with E-state index in [2.05, 4.69) is 48.4 Å². The van der Waals surface area contributed by atoms with E-state index in [4.69, 9.17) is 47.1 Å². The number of anilines is 1. The zero-order valence-corrected chi connectivity index (χ0v) is 45.1. The summed E-state index contributed by atoms with van der Waals surface area (Å²) in [5.74, 6) is -0.226. The molecule has 1 fully saturated rings. The standard InChI is InChI=1S/C54H77N3O16S/c1-53(2,3)49-38-41(12-11-13-48-54(4,5)45-40-43(74(61,62)63)16-18-46(45)56(48)21-10-8-9-14-52(60)73-57-50(58)19-20-51(57)59)44-17-15-42(39-47(44)72-49)55(22-24-66-30-32-70-36-34-68-28-26-64-6)23-25-67-31-33-71-37-35-69-29-27-65-7/h11-13,15-18,38-40H,8-10,14,19-37H2,1-7H3. The Labute approximate surface area is 436 Å². The Balaban J connectivity index is 1.36. The van der Waals surface area contributed by atoms with Gasteiger partial charge in [0.2, 0.25) is 5.36 Å². The Morgan fingerprint density at radius 2 is 1.30 bits per heavy atom. The van der Waals surface area contributed by atoms with Crippen LogP contribution in [0.25, 0.3) is 17.4 Å². The van der Waals surface area contributed by atoms with Gasteiger partial charge in [0.25, 0.3) is 11.8 Å². The number of allylic oxidation sites excluding steroid dienone is 3. The molecule has 2 amide bonds. The minimum absolute atomic E-state index is 0.0227. The van der Waals surface area contributed by atoms with Crippen LogP contribution in [0.4, 0.5) is 5.69 Å². The summed E-state index contributed by atoms with van der Waals surface area (Å²) in [6.07, 6.45) is 7.82. The van der Waals surface area contributed by atoms with E-state index < -0.39 is 33.3 Å². The van der Waals surface area contributed by atoms with Crippen LogP contribution in [0.2, 0.25) is 0 Å². The molecule has 0 spiro atoms. The second-order valence-corrected chi connectivity index (χ2v) is 20.7.